The van der Waals surface area contributed by atoms with Crippen LogP contribution in [0.4, 0.5) is 10.6 Å². The van der Waals surface area contributed by atoms with E-state index < -0.39 is 30.4 Å². The van der Waals surface area contributed by atoms with Crippen LogP contribution in [0.1, 0.15) is 76.7 Å². The van der Waals surface area contributed by atoms with Crippen LogP contribution >= 0.6 is 0 Å². The third-order valence-electron chi connectivity index (χ3n) is 6.90. The first kappa shape index (κ1) is 27.4. The molecule has 1 aliphatic rings. The number of urea groups is 1. The summed E-state index contributed by atoms with van der Waals surface area (Å²) in [6.07, 6.45) is 7.94. The number of carboxylic acids is 2. The molecule has 2 aromatic rings. The van der Waals surface area contributed by atoms with E-state index in [0.717, 1.165) is 79.7 Å². The van der Waals surface area contributed by atoms with Gasteiger partial charge in [0.15, 0.2) is 0 Å². The average Bonchev–Trinajstić information content (AvgIpc) is 3.26. The number of hydrogen-bond donors (Lipinski definition) is 4. The van der Waals surface area contributed by atoms with E-state index in [1.165, 1.54) is 0 Å². The molecule has 36 heavy (non-hydrogen) atoms. The summed E-state index contributed by atoms with van der Waals surface area (Å²) in [5.74, 6) is -1.91. The van der Waals surface area contributed by atoms with Gasteiger partial charge in [0, 0.05) is 12.7 Å². The summed E-state index contributed by atoms with van der Waals surface area (Å²) in [4.78, 5) is 47.9. The van der Waals surface area contributed by atoms with Gasteiger partial charge >= 0.3 is 18.0 Å². The Kier molecular flexibility index (Phi) is 10.1. The predicted molar refractivity (Wildman–Crippen MR) is 138 cm³/mol. The number of carbonyl (C=O) groups excluding carboxylic acids is 1. The Morgan fingerprint density at radius 1 is 1.14 bits per heavy atom. The molecule has 0 saturated carbocycles. The Morgan fingerprint density at radius 2 is 1.89 bits per heavy atom. The van der Waals surface area contributed by atoms with E-state index in [4.69, 9.17) is 4.98 Å². The first-order valence-electron chi connectivity index (χ1n) is 13.1. The number of anilines is 1. The number of carbonyl (C=O) groups is 3. The van der Waals surface area contributed by atoms with E-state index in [1.807, 2.05) is 12.3 Å². The fraction of sp³-hybridized carbons (Fsp3) is 0.615. The zero-order valence-electron chi connectivity index (χ0n) is 21.3. The predicted octanol–water partition coefficient (Wildman–Crippen LogP) is 4.49. The van der Waals surface area contributed by atoms with Crippen LogP contribution in [0.5, 0.6) is 0 Å². The molecule has 1 atom stereocenters. The van der Waals surface area contributed by atoms with Gasteiger partial charge in [0.05, 0.1) is 17.5 Å². The van der Waals surface area contributed by atoms with Crippen molar-refractivity contribution in [1.82, 2.24) is 19.8 Å². The number of hydrogen-bond acceptors (Lipinski definition) is 5. The topological polar surface area (TPSA) is 139 Å². The Bertz CT molecular complexity index is 1030. The average molecular weight is 502 g/mol. The third kappa shape index (κ3) is 7.19. The molecule has 0 radical (unpaired) electrons. The lowest BCUT2D eigenvalue weighted by molar-refractivity contribution is -0.148. The van der Waals surface area contributed by atoms with Crippen molar-refractivity contribution >= 4 is 34.8 Å². The van der Waals surface area contributed by atoms with Gasteiger partial charge < -0.3 is 25.0 Å². The van der Waals surface area contributed by atoms with E-state index in [-0.39, 0.29) is 6.54 Å². The summed E-state index contributed by atoms with van der Waals surface area (Å²) in [5.41, 5.74) is 2.81. The maximum atomic E-state index is 13.2. The number of nitrogens with zero attached hydrogens (tertiary/aromatic N) is 3. The van der Waals surface area contributed by atoms with Crippen molar-refractivity contribution in [3.8, 4) is 0 Å². The lowest BCUT2D eigenvalue weighted by Gasteiger charge is -2.31. The molecule has 10 heteroatoms. The number of likely N-dealkylation sites (tertiary alicyclic amines) is 1. The fourth-order valence-electron chi connectivity index (χ4n) is 4.97. The molecule has 1 aliphatic heterocycles. The van der Waals surface area contributed by atoms with Crippen LogP contribution < -0.4 is 5.32 Å². The molecule has 1 fully saturated rings. The third-order valence-corrected chi connectivity index (χ3v) is 6.90. The number of piperidine rings is 1. The summed E-state index contributed by atoms with van der Waals surface area (Å²) >= 11 is 0. The fourth-order valence-corrected chi connectivity index (χ4v) is 4.97. The second-order valence-electron chi connectivity index (χ2n) is 9.59. The lowest BCUT2D eigenvalue weighted by atomic mass is 9.90. The van der Waals surface area contributed by atoms with Crippen molar-refractivity contribution in [2.45, 2.75) is 77.2 Å². The Morgan fingerprint density at radius 3 is 2.53 bits per heavy atom. The molecule has 2 aromatic heterocycles. The van der Waals surface area contributed by atoms with Crippen molar-refractivity contribution in [2.24, 2.45) is 0 Å². The molecular weight excluding hydrogens is 462 g/mol. The van der Waals surface area contributed by atoms with Crippen LogP contribution in [0.2, 0.25) is 0 Å². The summed E-state index contributed by atoms with van der Waals surface area (Å²) in [5, 5.41) is 21.6. The molecule has 0 spiro atoms. The van der Waals surface area contributed by atoms with Crippen LogP contribution in [-0.2, 0) is 9.59 Å². The number of fused-ring (bicyclic) bond motifs is 1. The number of unbranched alkanes of at least 4 members (excludes halogenated alkanes) is 3. The first-order valence-corrected chi connectivity index (χ1v) is 13.1. The van der Waals surface area contributed by atoms with Crippen molar-refractivity contribution < 1.29 is 24.6 Å². The summed E-state index contributed by atoms with van der Waals surface area (Å²) in [6, 6.07) is 1.42. The van der Waals surface area contributed by atoms with Crippen LogP contribution in [0, 0.1) is 0 Å². The molecule has 0 aliphatic carbocycles. The van der Waals surface area contributed by atoms with Crippen LogP contribution in [-0.4, -0.2) is 80.2 Å². The Hall–Kier alpha value is -3.14. The highest BCUT2D eigenvalue weighted by Gasteiger charge is 2.32. The highest BCUT2D eigenvalue weighted by Crippen LogP contribution is 2.33. The molecule has 1 saturated heterocycles. The smallest absolute Gasteiger partial charge is 0.327 e. The number of nitrogens with one attached hydrogen (secondary N) is 2. The quantitative estimate of drug-likeness (QED) is 0.297. The highest BCUT2D eigenvalue weighted by atomic mass is 16.4. The molecule has 4 N–H and O–H groups in total. The van der Waals surface area contributed by atoms with E-state index in [0.29, 0.717) is 18.2 Å². The van der Waals surface area contributed by atoms with Crippen molar-refractivity contribution in [2.75, 3.05) is 31.5 Å². The number of aromatic nitrogens is 2. The van der Waals surface area contributed by atoms with E-state index in [1.54, 1.807) is 6.07 Å². The monoisotopic (exact) mass is 501 g/mol. The number of aromatic amines is 1. The highest BCUT2D eigenvalue weighted by molar-refractivity contribution is 5.94. The van der Waals surface area contributed by atoms with Gasteiger partial charge in [-0.1, -0.05) is 33.1 Å². The number of aliphatic carboxylic acids is 2. The van der Waals surface area contributed by atoms with Crippen LogP contribution in [0.3, 0.4) is 0 Å². The Labute approximate surface area is 212 Å². The molecule has 3 rings (SSSR count). The molecule has 10 nitrogen and oxygen atoms in total. The van der Waals surface area contributed by atoms with Crippen LogP contribution in [0.15, 0.2) is 18.3 Å². The molecule has 198 valence electrons. The lowest BCUT2D eigenvalue weighted by Crippen LogP contribution is -2.48. The standard InChI is InChI=1S/C26H39N5O5/c1-3-5-6-7-13-31(21(25(34)35)16-23(32)33)26(36)29-22-9-8-20-24(28-22)19(17-27-20)18-10-14-30(12-4-2)15-11-18/h8-9,17-18,21,27H,3-7,10-16H2,1-2H3,(H,32,33)(H,34,35)(H,28,29,36). The van der Waals surface area contributed by atoms with Gasteiger partial charge in [0.25, 0.3) is 0 Å². The maximum absolute atomic E-state index is 13.2. The van der Waals surface area contributed by atoms with Crippen molar-refractivity contribution in [3.05, 3.63) is 23.9 Å². The zero-order chi connectivity index (χ0) is 26.1. The number of amides is 2. The van der Waals surface area contributed by atoms with E-state index in [2.05, 4.69) is 29.0 Å². The summed E-state index contributed by atoms with van der Waals surface area (Å²) in [7, 11) is 0. The molecule has 1 unspecified atom stereocenters. The van der Waals surface area contributed by atoms with Gasteiger partial charge in [0.1, 0.15) is 11.9 Å². The SMILES string of the molecule is CCCCCCN(C(=O)Nc1ccc2[nH]cc(C3CCN(CCC)CC3)c2n1)C(CC(=O)O)C(=O)O. The van der Waals surface area contributed by atoms with Crippen molar-refractivity contribution in [3.63, 3.8) is 0 Å². The van der Waals surface area contributed by atoms with Gasteiger partial charge in [-0.05, 0) is 68.9 Å². The molecule has 0 aromatic carbocycles. The largest absolute Gasteiger partial charge is 0.481 e. The van der Waals surface area contributed by atoms with Gasteiger partial charge in [-0.3, -0.25) is 10.1 Å². The second-order valence-corrected chi connectivity index (χ2v) is 9.59. The molecule has 2 amide bonds. The van der Waals surface area contributed by atoms with E-state index >= 15 is 0 Å². The number of H-pyrrole nitrogens is 1. The molecule has 0 bridgehead atoms. The normalized spacial score (nSPS) is 15.6. The Balaban J connectivity index is 1.77. The summed E-state index contributed by atoms with van der Waals surface area (Å²) in [6.45, 7) is 7.62. The first-order chi connectivity index (χ1) is 17.3. The number of pyridine rings is 1. The minimum atomic E-state index is -1.45. The minimum absolute atomic E-state index is 0.157. The van der Waals surface area contributed by atoms with Gasteiger partial charge in [-0.25, -0.2) is 14.6 Å². The molecular formula is C26H39N5O5. The van der Waals surface area contributed by atoms with Crippen LogP contribution in [0.25, 0.3) is 11.0 Å². The van der Waals surface area contributed by atoms with E-state index in [9.17, 15) is 24.6 Å². The summed E-state index contributed by atoms with van der Waals surface area (Å²) < 4.78 is 0. The van der Waals surface area contributed by atoms with Crippen molar-refractivity contribution in [1.29, 1.82) is 0 Å². The second kappa shape index (κ2) is 13.2. The number of carboxylic acid groups (broad SMARTS) is 2. The van der Waals surface area contributed by atoms with Gasteiger partial charge in [-0.15, -0.1) is 0 Å². The van der Waals surface area contributed by atoms with Gasteiger partial charge in [0.2, 0.25) is 0 Å². The maximum Gasteiger partial charge on any atom is 0.327 e. The number of rotatable bonds is 13. The zero-order valence-corrected chi connectivity index (χ0v) is 21.3. The minimum Gasteiger partial charge on any atom is -0.481 e. The van der Waals surface area contributed by atoms with Gasteiger partial charge in [-0.2, -0.15) is 0 Å². The molecule has 3 heterocycles.